The van der Waals surface area contributed by atoms with Crippen LogP contribution < -0.4 is 11.0 Å². The molecule has 0 aliphatic rings. The summed E-state index contributed by atoms with van der Waals surface area (Å²) in [5.41, 5.74) is 5.29. The number of carbonyl (C=O) groups excluding carboxylic acids is 1. The first-order valence-corrected chi connectivity index (χ1v) is 10.5. The minimum absolute atomic E-state index is 0.0280. The van der Waals surface area contributed by atoms with E-state index >= 15 is 0 Å². The molecule has 0 spiro atoms. The quantitative estimate of drug-likeness (QED) is 0.438. The number of halogens is 2. The Bertz CT molecular complexity index is 1590. The summed E-state index contributed by atoms with van der Waals surface area (Å²) in [6, 6.07) is 14.2. The molecule has 1 N–H and O–H groups in total. The Balaban J connectivity index is 1.62. The Kier molecular flexibility index (Phi) is 5.10. The van der Waals surface area contributed by atoms with Gasteiger partial charge in [0.05, 0.1) is 21.8 Å². The Hall–Kier alpha value is -4.11. The summed E-state index contributed by atoms with van der Waals surface area (Å²) in [6.45, 7) is 1.95. The maximum Gasteiger partial charge on any atom is 0.299 e. The summed E-state index contributed by atoms with van der Waals surface area (Å²) >= 11 is 6.07. The van der Waals surface area contributed by atoms with Gasteiger partial charge in [0.25, 0.3) is 11.5 Å². The normalized spacial score (nSPS) is 11.2. The van der Waals surface area contributed by atoms with Crippen LogP contribution in [0.4, 0.5) is 4.39 Å². The van der Waals surface area contributed by atoms with Crippen molar-refractivity contribution in [2.75, 3.05) is 5.43 Å². The van der Waals surface area contributed by atoms with Crippen LogP contribution in [0.2, 0.25) is 5.02 Å². The lowest BCUT2D eigenvalue weighted by atomic mass is 10.0. The van der Waals surface area contributed by atoms with Gasteiger partial charge in [0, 0.05) is 6.20 Å². The number of benzene rings is 2. The van der Waals surface area contributed by atoms with E-state index in [9.17, 15) is 14.0 Å². The van der Waals surface area contributed by atoms with Crippen molar-refractivity contribution < 1.29 is 9.18 Å². The largest absolute Gasteiger partial charge is 0.299 e. The van der Waals surface area contributed by atoms with E-state index in [2.05, 4.69) is 20.7 Å². The van der Waals surface area contributed by atoms with Crippen LogP contribution >= 0.6 is 11.6 Å². The van der Waals surface area contributed by atoms with Gasteiger partial charge in [0.1, 0.15) is 11.3 Å². The number of fused-ring (bicyclic) bond motifs is 3. The molecule has 0 bridgehead atoms. The van der Waals surface area contributed by atoms with Crippen LogP contribution in [0.15, 0.2) is 65.6 Å². The number of hydrogen-bond donors (Lipinski definition) is 1. The van der Waals surface area contributed by atoms with E-state index in [4.69, 9.17) is 11.6 Å². The summed E-state index contributed by atoms with van der Waals surface area (Å²) in [4.78, 5) is 25.6. The lowest BCUT2D eigenvalue weighted by Gasteiger charge is -2.10. The van der Waals surface area contributed by atoms with Crippen molar-refractivity contribution in [3.63, 3.8) is 0 Å². The molecule has 3 heterocycles. The van der Waals surface area contributed by atoms with Gasteiger partial charge in [-0.3, -0.25) is 15.0 Å². The highest BCUT2D eigenvalue weighted by Crippen LogP contribution is 2.29. The van der Waals surface area contributed by atoms with Crippen LogP contribution in [0.25, 0.3) is 27.8 Å². The maximum atomic E-state index is 13.4. The van der Waals surface area contributed by atoms with Gasteiger partial charge >= 0.3 is 0 Å². The number of amides is 1. The molecule has 1 amide bonds. The molecular formula is C23H16ClFN6O2. The molecular weight excluding hydrogens is 447 g/mol. The van der Waals surface area contributed by atoms with Crippen molar-refractivity contribution in [3.05, 3.63) is 93.2 Å². The van der Waals surface area contributed by atoms with Gasteiger partial charge in [-0.1, -0.05) is 42.8 Å². The lowest BCUT2D eigenvalue weighted by molar-refractivity contribution is 0.101. The zero-order valence-corrected chi connectivity index (χ0v) is 18.0. The van der Waals surface area contributed by atoms with Crippen LogP contribution in [0, 0.1) is 5.82 Å². The second-order valence-corrected chi connectivity index (χ2v) is 7.67. The van der Waals surface area contributed by atoms with E-state index in [1.54, 1.807) is 47.0 Å². The number of pyridine rings is 1. The number of hydrogen-bond acceptors (Lipinski definition) is 5. The molecule has 0 aliphatic heterocycles. The van der Waals surface area contributed by atoms with Crippen molar-refractivity contribution >= 4 is 34.2 Å². The predicted octanol–water partition coefficient (Wildman–Crippen LogP) is 3.85. The monoisotopic (exact) mass is 462 g/mol. The topological polar surface area (TPSA) is 94.2 Å². The third-order valence-electron chi connectivity index (χ3n) is 5.26. The Labute approximate surface area is 191 Å². The van der Waals surface area contributed by atoms with Gasteiger partial charge in [-0.2, -0.15) is 5.10 Å². The predicted molar refractivity (Wildman–Crippen MR) is 122 cm³/mol. The number of nitrogens with zero attached hydrogens (tertiary/aromatic N) is 5. The zero-order chi connectivity index (χ0) is 23.1. The van der Waals surface area contributed by atoms with Crippen LogP contribution in [-0.4, -0.2) is 30.4 Å². The van der Waals surface area contributed by atoms with Crippen molar-refractivity contribution in [2.24, 2.45) is 0 Å². The molecule has 0 saturated carbocycles. The molecule has 0 atom stereocenters. The second-order valence-electron chi connectivity index (χ2n) is 7.26. The molecule has 2 aromatic carbocycles. The SMILES string of the molecule is CCc1nn2c(nnc3c(=O)n(NC(=O)c4ccccc4Cl)ccc32)c1-c1ccc(F)cc1. The highest BCUT2D eigenvalue weighted by atomic mass is 35.5. The molecule has 0 radical (unpaired) electrons. The Morgan fingerprint density at radius 2 is 1.85 bits per heavy atom. The Morgan fingerprint density at radius 1 is 1.09 bits per heavy atom. The number of carbonyl (C=O) groups is 1. The molecule has 0 saturated heterocycles. The van der Waals surface area contributed by atoms with Crippen LogP contribution in [0.5, 0.6) is 0 Å². The molecule has 0 fully saturated rings. The number of rotatable bonds is 4. The van der Waals surface area contributed by atoms with Crippen LogP contribution in [-0.2, 0) is 6.42 Å². The van der Waals surface area contributed by atoms with Crippen molar-refractivity contribution in [2.45, 2.75) is 13.3 Å². The zero-order valence-electron chi connectivity index (χ0n) is 17.3. The molecule has 8 nitrogen and oxygen atoms in total. The van der Waals surface area contributed by atoms with Gasteiger partial charge in [0.15, 0.2) is 11.2 Å². The fraction of sp³-hybridized carbons (Fsp3) is 0.0870. The first-order chi connectivity index (χ1) is 16.0. The third-order valence-corrected chi connectivity index (χ3v) is 5.59. The van der Waals surface area contributed by atoms with Crippen molar-refractivity contribution in [1.82, 2.24) is 24.5 Å². The summed E-state index contributed by atoms with van der Waals surface area (Å²) in [5, 5.41) is 13.2. The van der Waals surface area contributed by atoms with E-state index in [0.29, 0.717) is 17.6 Å². The van der Waals surface area contributed by atoms with Crippen LogP contribution in [0.1, 0.15) is 23.0 Å². The highest BCUT2D eigenvalue weighted by molar-refractivity contribution is 6.34. The molecule has 0 aliphatic carbocycles. The van der Waals surface area contributed by atoms with Crippen LogP contribution in [0.3, 0.4) is 0 Å². The average Bonchev–Trinajstić information content (AvgIpc) is 3.20. The first kappa shape index (κ1) is 20.8. The maximum absolute atomic E-state index is 13.4. The van der Waals surface area contributed by atoms with Gasteiger partial charge in [-0.15, -0.1) is 10.2 Å². The highest BCUT2D eigenvalue weighted by Gasteiger charge is 2.19. The summed E-state index contributed by atoms with van der Waals surface area (Å²) in [7, 11) is 0. The summed E-state index contributed by atoms with van der Waals surface area (Å²) in [5.74, 6) is -0.883. The van der Waals surface area contributed by atoms with E-state index < -0.39 is 11.5 Å². The molecule has 5 rings (SSSR count). The third kappa shape index (κ3) is 3.52. The minimum atomic E-state index is -0.570. The number of nitrogens with one attached hydrogen (secondary N) is 1. The van der Waals surface area contributed by atoms with Gasteiger partial charge in [-0.25, -0.2) is 13.6 Å². The van der Waals surface area contributed by atoms with E-state index in [-0.39, 0.29) is 21.9 Å². The fourth-order valence-electron chi connectivity index (χ4n) is 3.65. The lowest BCUT2D eigenvalue weighted by Crippen LogP contribution is -2.33. The number of aryl methyl sites for hydroxylation is 1. The van der Waals surface area contributed by atoms with Crippen molar-refractivity contribution in [3.8, 4) is 11.1 Å². The van der Waals surface area contributed by atoms with Gasteiger partial charge < -0.3 is 0 Å². The van der Waals surface area contributed by atoms with Gasteiger partial charge in [0.2, 0.25) is 0 Å². The second kappa shape index (κ2) is 8.10. The average molecular weight is 463 g/mol. The van der Waals surface area contributed by atoms with E-state index in [1.807, 2.05) is 6.92 Å². The van der Waals surface area contributed by atoms with E-state index in [1.165, 1.54) is 18.3 Å². The molecule has 33 heavy (non-hydrogen) atoms. The first-order valence-electron chi connectivity index (χ1n) is 10.1. The summed E-state index contributed by atoms with van der Waals surface area (Å²) in [6.07, 6.45) is 2.02. The molecule has 10 heteroatoms. The molecule has 0 unspecified atom stereocenters. The molecule has 5 aromatic rings. The van der Waals surface area contributed by atoms with E-state index in [0.717, 1.165) is 21.5 Å². The smallest absolute Gasteiger partial charge is 0.267 e. The molecule has 3 aromatic heterocycles. The fourth-order valence-corrected chi connectivity index (χ4v) is 3.88. The van der Waals surface area contributed by atoms with Gasteiger partial charge in [-0.05, 0) is 42.3 Å². The standard InChI is InChI=1S/C23H16ClFN6O2/c1-2-17-19(13-7-9-14(25)10-8-13)21-27-26-20-18(31(21)28-17)11-12-30(23(20)33)29-22(32)15-5-3-4-6-16(15)24/h3-12H,2H2,1H3,(H,29,32). The van der Waals surface area contributed by atoms with Crippen molar-refractivity contribution in [1.29, 1.82) is 0 Å². The minimum Gasteiger partial charge on any atom is -0.267 e. The molecule has 164 valence electrons. The number of aromatic nitrogens is 5. The Morgan fingerprint density at radius 3 is 2.58 bits per heavy atom. The summed E-state index contributed by atoms with van der Waals surface area (Å²) < 4.78 is 16.0.